The Hall–Kier alpha value is -0.730. The number of amides is 1. The van der Waals surface area contributed by atoms with Crippen molar-refractivity contribution >= 4 is 6.09 Å². The molecule has 0 aromatic rings. The van der Waals surface area contributed by atoms with Crippen LogP contribution in [-0.4, -0.2) is 29.7 Å². The number of hydrogen-bond donors (Lipinski definition) is 0. The molecule has 0 aromatic carbocycles. The van der Waals surface area contributed by atoms with E-state index in [0.29, 0.717) is 11.8 Å². The van der Waals surface area contributed by atoms with Crippen molar-refractivity contribution in [2.75, 3.05) is 13.1 Å². The van der Waals surface area contributed by atoms with Crippen molar-refractivity contribution < 1.29 is 9.53 Å². The van der Waals surface area contributed by atoms with Crippen LogP contribution in [0.3, 0.4) is 0 Å². The van der Waals surface area contributed by atoms with Gasteiger partial charge in [-0.1, -0.05) is 13.8 Å². The lowest BCUT2D eigenvalue weighted by Gasteiger charge is -2.36. The average Bonchev–Trinajstić information content (AvgIpc) is 2.06. The second kappa shape index (κ2) is 4.42. The van der Waals surface area contributed by atoms with Gasteiger partial charge < -0.3 is 9.64 Å². The van der Waals surface area contributed by atoms with E-state index in [9.17, 15) is 4.79 Å². The first-order valence-corrected chi connectivity index (χ1v) is 5.77. The third-order valence-corrected chi connectivity index (χ3v) is 2.99. The molecule has 1 aliphatic rings. The van der Waals surface area contributed by atoms with Crippen molar-refractivity contribution in [3.63, 3.8) is 0 Å². The van der Waals surface area contributed by atoms with E-state index in [0.717, 1.165) is 19.5 Å². The summed E-state index contributed by atoms with van der Waals surface area (Å²) in [6.45, 7) is 11.8. The fourth-order valence-electron chi connectivity index (χ4n) is 1.76. The number of carbonyl (C=O) groups is 1. The predicted octanol–water partition coefficient (Wildman–Crippen LogP) is 2.90. The molecule has 1 rings (SSSR count). The first-order valence-electron chi connectivity index (χ1n) is 5.77. The lowest BCUT2D eigenvalue weighted by Crippen LogP contribution is -2.44. The Labute approximate surface area is 92.8 Å². The van der Waals surface area contributed by atoms with E-state index in [1.165, 1.54) is 0 Å². The van der Waals surface area contributed by atoms with Crippen LogP contribution < -0.4 is 0 Å². The van der Waals surface area contributed by atoms with E-state index >= 15 is 0 Å². The van der Waals surface area contributed by atoms with Crippen molar-refractivity contribution in [2.24, 2.45) is 11.8 Å². The van der Waals surface area contributed by atoms with E-state index < -0.39 is 0 Å². The molecule has 1 aliphatic heterocycles. The van der Waals surface area contributed by atoms with Gasteiger partial charge in [-0.2, -0.15) is 0 Å². The second-order valence-electron chi connectivity index (χ2n) is 5.67. The molecular formula is C12H23NO2. The second-order valence-corrected chi connectivity index (χ2v) is 5.67. The molecular weight excluding hydrogens is 190 g/mol. The summed E-state index contributed by atoms with van der Waals surface area (Å²) in [6, 6.07) is 0. The number of carbonyl (C=O) groups excluding carboxylic acids is 1. The molecule has 0 aliphatic carbocycles. The topological polar surface area (TPSA) is 29.5 Å². The van der Waals surface area contributed by atoms with Crippen LogP contribution in [0, 0.1) is 11.8 Å². The Morgan fingerprint density at radius 1 is 1.27 bits per heavy atom. The van der Waals surface area contributed by atoms with Gasteiger partial charge in [0.1, 0.15) is 5.60 Å². The largest absolute Gasteiger partial charge is 0.444 e. The molecule has 1 saturated heterocycles. The van der Waals surface area contributed by atoms with Crippen LogP contribution in [0.1, 0.15) is 41.0 Å². The summed E-state index contributed by atoms with van der Waals surface area (Å²) in [5, 5.41) is 0. The summed E-state index contributed by atoms with van der Waals surface area (Å²) >= 11 is 0. The summed E-state index contributed by atoms with van der Waals surface area (Å²) in [5.74, 6) is 1.29. The molecule has 0 N–H and O–H groups in total. The highest BCUT2D eigenvalue weighted by molar-refractivity contribution is 5.68. The molecule has 3 nitrogen and oxygen atoms in total. The highest BCUT2D eigenvalue weighted by Crippen LogP contribution is 2.23. The molecule has 0 saturated carbocycles. The molecule has 0 radical (unpaired) electrons. The summed E-state index contributed by atoms with van der Waals surface area (Å²) < 4.78 is 5.35. The van der Waals surface area contributed by atoms with E-state index in [4.69, 9.17) is 4.74 Å². The molecule has 1 amide bonds. The van der Waals surface area contributed by atoms with Crippen LogP contribution in [0.2, 0.25) is 0 Å². The minimum absolute atomic E-state index is 0.166. The van der Waals surface area contributed by atoms with Crippen molar-refractivity contribution in [3.05, 3.63) is 0 Å². The number of nitrogens with zero attached hydrogens (tertiary/aromatic N) is 1. The highest BCUT2D eigenvalue weighted by atomic mass is 16.6. The normalized spacial score (nSPS) is 27.7. The Bertz CT molecular complexity index is 232. The fourth-order valence-corrected chi connectivity index (χ4v) is 1.76. The zero-order chi connectivity index (χ0) is 11.6. The van der Waals surface area contributed by atoms with Gasteiger partial charge in [0.05, 0.1) is 0 Å². The number of ether oxygens (including phenoxy) is 1. The van der Waals surface area contributed by atoms with Gasteiger partial charge in [0.25, 0.3) is 0 Å². The van der Waals surface area contributed by atoms with Crippen molar-refractivity contribution in [1.29, 1.82) is 0 Å². The summed E-state index contributed by atoms with van der Waals surface area (Å²) in [6.07, 6.45) is 0.918. The smallest absolute Gasteiger partial charge is 0.410 e. The van der Waals surface area contributed by atoms with Crippen molar-refractivity contribution in [1.82, 2.24) is 4.90 Å². The van der Waals surface area contributed by atoms with Crippen LogP contribution in [0.25, 0.3) is 0 Å². The summed E-state index contributed by atoms with van der Waals surface area (Å²) in [5.41, 5.74) is -0.386. The van der Waals surface area contributed by atoms with Gasteiger partial charge in [0.2, 0.25) is 0 Å². The van der Waals surface area contributed by atoms with E-state index in [1.807, 2.05) is 25.7 Å². The number of hydrogen-bond acceptors (Lipinski definition) is 2. The molecule has 0 spiro atoms. The van der Waals surface area contributed by atoms with Gasteiger partial charge in [-0.05, 0) is 39.0 Å². The minimum atomic E-state index is -0.386. The number of likely N-dealkylation sites (tertiary alicyclic amines) is 1. The van der Waals surface area contributed by atoms with Gasteiger partial charge in [0, 0.05) is 13.1 Å². The van der Waals surface area contributed by atoms with Crippen molar-refractivity contribution in [3.8, 4) is 0 Å². The Morgan fingerprint density at radius 2 is 1.87 bits per heavy atom. The van der Waals surface area contributed by atoms with Gasteiger partial charge >= 0.3 is 6.09 Å². The zero-order valence-corrected chi connectivity index (χ0v) is 10.5. The molecule has 88 valence electrons. The maximum atomic E-state index is 11.8. The molecule has 2 atom stereocenters. The molecule has 0 unspecified atom stereocenters. The van der Waals surface area contributed by atoms with E-state index in [-0.39, 0.29) is 11.7 Å². The fraction of sp³-hybridized carbons (Fsp3) is 0.917. The lowest BCUT2D eigenvalue weighted by atomic mass is 9.89. The van der Waals surface area contributed by atoms with Crippen LogP contribution in [0.4, 0.5) is 4.79 Å². The highest BCUT2D eigenvalue weighted by Gasteiger charge is 2.28. The molecule has 3 heteroatoms. The molecule has 1 heterocycles. The minimum Gasteiger partial charge on any atom is -0.444 e. The average molecular weight is 213 g/mol. The monoisotopic (exact) mass is 213 g/mol. The van der Waals surface area contributed by atoms with Crippen molar-refractivity contribution in [2.45, 2.75) is 46.6 Å². The zero-order valence-electron chi connectivity index (χ0n) is 10.5. The Balaban J connectivity index is 2.48. The SMILES string of the molecule is C[C@@H]1CCN(C(=O)OC(C)(C)C)C[C@H]1C. The first-order chi connectivity index (χ1) is 6.79. The van der Waals surface area contributed by atoms with Gasteiger partial charge in [0.15, 0.2) is 0 Å². The van der Waals surface area contributed by atoms with Gasteiger partial charge in [-0.15, -0.1) is 0 Å². The Morgan fingerprint density at radius 3 is 2.33 bits per heavy atom. The maximum absolute atomic E-state index is 11.8. The molecule has 0 bridgehead atoms. The number of rotatable bonds is 0. The standard InChI is InChI=1S/C12H23NO2/c1-9-6-7-13(8-10(9)2)11(14)15-12(3,4)5/h9-10H,6-8H2,1-5H3/t9-,10-/m1/s1. The predicted molar refractivity (Wildman–Crippen MR) is 60.8 cm³/mol. The van der Waals surface area contributed by atoms with Crippen LogP contribution in [0.15, 0.2) is 0 Å². The summed E-state index contributed by atoms with van der Waals surface area (Å²) in [7, 11) is 0. The molecule has 0 aromatic heterocycles. The summed E-state index contributed by atoms with van der Waals surface area (Å²) in [4.78, 5) is 13.6. The molecule has 1 fully saturated rings. The molecule has 15 heavy (non-hydrogen) atoms. The van der Waals surface area contributed by atoms with Crippen LogP contribution >= 0.6 is 0 Å². The van der Waals surface area contributed by atoms with Crippen LogP contribution in [0.5, 0.6) is 0 Å². The van der Waals surface area contributed by atoms with Gasteiger partial charge in [-0.25, -0.2) is 4.79 Å². The number of piperidine rings is 1. The quantitative estimate of drug-likeness (QED) is 0.619. The van der Waals surface area contributed by atoms with E-state index in [1.54, 1.807) is 0 Å². The van der Waals surface area contributed by atoms with Crippen LogP contribution in [-0.2, 0) is 4.74 Å². The third kappa shape index (κ3) is 3.73. The third-order valence-electron chi connectivity index (χ3n) is 2.99. The maximum Gasteiger partial charge on any atom is 0.410 e. The lowest BCUT2D eigenvalue weighted by molar-refractivity contribution is 0.0128. The Kier molecular flexibility index (Phi) is 3.63. The first kappa shape index (κ1) is 12.3. The van der Waals surface area contributed by atoms with Gasteiger partial charge in [-0.3, -0.25) is 0 Å². The van der Waals surface area contributed by atoms with E-state index in [2.05, 4.69) is 13.8 Å².